The van der Waals surface area contributed by atoms with Gasteiger partial charge < -0.3 is 5.11 Å². The van der Waals surface area contributed by atoms with E-state index in [4.69, 9.17) is 0 Å². The average Bonchev–Trinajstić information content (AvgIpc) is 2.72. The second-order valence-corrected chi connectivity index (χ2v) is 6.21. The molecule has 0 unspecified atom stereocenters. The third-order valence-electron chi connectivity index (χ3n) is 4.35. The van der Waals surface area contributed by atoms with Crippen LogP contribution in [0.4, 0.5) is 5.69 Å². The lowest BCUT2D eigenvalue weighted by Gasteiger charge is -2.11. The van der Waals surface area contributed by atoms with Gasteiger partial charge in [-0.25, -0.2) is 4.79 Å². The molecule has 0 amide bonds. The van der Waals surface area contributed by atoms with Crippen molar-refractivity contribution >= 4 is 23.8 Å². The number of nitrogens with zero attached hydrogens (tertiary/aromatic N) is 4. The molecule has 148 valence electrons. The molecule has 0 aliphatic carbocycles. The molecule has 2 aromatic carbocycles. The van der Waals surface area contributed by atoms with Gasteiger partial charge in [-0.15, -0.1) is 0 Å². The minimum Gasteiger partial charge on any atom is -0.476 e. The maximum atomic E-state index is 12.9. The third-order valence-corrected chi connectivity index (χ3v) is 4.35. The normalized spacial score (nSPS) is 10.7. The molecule has 0 saturated carbocycles. The molecule has 0 radical (unpaired) electrons. The first kappa shape index (κ1) is 20.2. The lowest BCUT2D eigenvalue weighted by molar-refractivity contribution is -0.385. The number of aromatic carboxylic acids is 1. The number of carboxylic acids is 1. The minimum absolute atomic E-state index is 0.186. The van der Waals surface area contributed by atoms with Crippen molar-refractivity contribution in [1.29, 1.82) is 5.26 Å². The number of aryl methyl sites for hydroxylation is 1. The van der Waals surface area contributed by atoms with E-state index in [-0.39, 0.29) is 16.8 Å². The number of hydrogen-bond acceptors (Lipinski definition) is 6. The number of nitro benzene ring substituents is 1. The molecule has 0 spiro atoms. The summed E-state index contributed by atoms with van der Waals surface area (Å²) < 4.78 is 0.875. The number of nitro groups is 1. The Morgan fingerprint density at radius 2 is 1.87 bits per heavy atom. The molecule has 0 bridgehead atoms. The molecule has 0 saturated heterocycles. The highest BCUT2D eigenvalue weighted by atomic mass is 16.6. The third kappa shape index (κ3) is 3.70. The molecule has 0 fully saturated rings. The van der Waals surface area contributed by atoms with E-state index in [0.717, 1.165) is 4.68 Å². The second-order valence-electron chi connectivity index (χ2n) is 6.21. The van der Waals surface area contributed by atoms with E-state index in [1.807, 2.05) is 0 Å². The fourth-order valence-electron chi connectivity index (χ4n) is 2.90. The molecule has 1 N–H and O–H groups in total. The predicted molar refractivity (Wildman–Crippen MR) is 108 cm³/mol. The van der Waals surface area contributed by atoms with Crippen molar-refractivity contribution in [1.82, 2.24) is 9.78 Å². The van der Waals surface area contributed by atoms with E-state index in [1.165, 1.54) is 30.4 Å². The predicted octanol–water partition coefficient (Wildman–Crippen LogP) is 3.19. The fourth-order valence-corrected chi connectivity index (χ4v) is 2.90. The Hall–Kier alpha value is -4.58. The fraction of sp³-hybridized carbons (Fsp3) is 0.0476. The summed E-state index contributed by atoms with van der Waals surface area (Å²) in [7, 11) is 0. The van der Waals surface area contributed by atoms with Gasteiger partial charge in [0, 0.05) is 11.6 Å². The van der Waals surface area contributed by atoms with Gasteiger partial charge in [-0.1, -0.05) is 36.4 Å². The van der Waals surface area contributed by atoms with E-state index in [9.17, 15) is 30.1 Å². The Morgan fingerprint density at radius 1 is 1.20 bits per heavy atom. The number of benzene rings is 2. The first-order valence-corrected chi connectivity index (χ1v) is 8.63. The van der Waals surface area contributed by atoms with Crippen LogP contribution in [0.2, 0.25) is 0 Å². The summed E-state index contributed by atoms with van der Waals surface area (Å²) in [6, 6.07) is 14.3. The zero-order valence-electron chi connectivity index (χ0n) is 15.6. The quantitative estimate of drug-likeness (QED) is 0.510. The maximum Gasteiger partial charge on any atom is 0.357 e. The molecule has 1 aromatic heterocycles. The zero-order chi connectivity index (χ0) is 21.8. The number of hydrogen-bond donors (Lipinski definition) is 1. The average molecular weight is 402 g/mol. The molecule has 9 nitrogen and oxygen atoms in total. The molecule has 0 aliphatic heterocycles. The van der Waals surface area contributed by atoms with Crippen LogP contribution in [0.3, 0.4) is 0 Å². The van der Waals surface area contributed by atoms with Crippen LogP contribution in [0.5, 0.6) is 0 Å². The lowest BCUT2D eigenvalue weighted by Crippen LogP contribution is -2.28. The molecule has 0 aliphatic rings. The van der Waals surface area contributed by atoms with E-state index >= 15 is 0 Å². The minimum atomic E-state index is -1.45. The van der Waals surface area contributed by atoms with Crippen molar-refractivity contribution in [3.63, 3.8) is 0 Å². The van der Waals surface area contributed by atoms with Crippen molar-refractivity contribution in [2.24, 2.45) is 0 Å². The van der Waals surface area contributed by atoms with Gasteiger partial charge in [-0.05, 0) is 30.7 Å². The summed E-state index contributed by atoms with van der Waals surface area (Å²) in [6.45, 7) is 1.72. The zero-order valence-corrected chi connectivity index (χ0v) is 15.6. The van der Waals surface area contributed by atoms with Crippen molar-refractivity contribution < 1.29 is 14.8 Å². The Morgan fingerprint density at radius 3 is 2.50 bits per heavy atom. The second kappa shape index (κ2) is 8.20. The highest BCUT2D eigenvalue weighted by Gasteiger charge is 2.22. The van der Waals surface area contributed by atoms with Crippen LogP contribution in [0.25, 0.3) is 17.8 Å². The van der Waals surface area contributed by atoms with Gasteiger partial charge in [0.1, 0.15) is 11.6 Å². The van der Waals surface area contributed by atoms with Crippen LogP contribution >= 0.6 is 0 Å². The van der Waals surface area contributed by atoms with E-state index < -0.39 is 27.7 Å². The van der Waals surface area contributed by atoms with E-state index in [2.05, 4.69) is 5.10 Å². The van der Waals surface area contributed by atoms with Gasteiger partial charge in [0.15, 0.2) is 5.69 Å². The highest BCUT2D eigenvalue weighted by molar-refractivity contribution is 5.93. The first-order chi connectivity index (χ1) is 14.3. The number of aromatic nitrogens is 2. The maximum absolute atomic E-state index is 12.9. The van der Waals surface area contributed by atoms with E-state index in [0.29, 0.717) is 11.3 Å². The Kier molecular flexibility index (Phi) is 5.51. The van der Waals surface area contributed by atoms with Gasteiger partial charge in [0.05, 0.1) is 16.2 Å². The van der Waals surface area contributed by atoms with Crippen molar-refractivity contribution in [3.05, 3.63) is 96.9 Å². The summed E-state index contributed by atoms with van der Waals surface area (Å²) in [5.74, 6) is -1.45. The summed E-state index contributed by atoms with van der Waals surface area (Å²) in [4.78, 5) is 35.3. The number of nitriles is 1. The van der Waals surface area contributed by atoms with E-state index in [1.54, 1.807) is 43.3 Å². The molecule has 1 heterocycles. The van der Waals surface area contributed by atoms with Gasteiger partial charge in [-0.2, -0.15) is 15.0 Å². The van der Waals surface area contributed by atoms with Crippen molar-refractivity contribution in [2.75, 3.05) is 0 Å². The summed E-state index contributed by atoms with van der Waals surface area (Å²) in [5, 5.41) is 34.3. The molecule has 0 atom stereocenters. The van der Waals surface area contributed by atoms with Gasteiger partial charge in [0.2, 0.25) is 0 Å². The Balaban J connectivity index is 2.26. The van der Waals surface area contributed by atoms with Crippen LogP contribution < -0.4 is 5.56 Å². The van der Waals surface area contributed by atoms with Crippen LogP contribution in [0, 0.1) is 28.4 Å². The van der Waals surface area contributed by atoms with Crippen molar-refractivity contribution in [2.45, 2.75) is 6.92 Å². The SMILES string of the molecule is Cc1ccccc1-n1nc(C(=O)O)c(/C=C/c2ccccc2[N+](=O)[O-])c(C#N)c1=O. The van der Waals surface area contributed by atoms with Gasteiger partial charge in [0.25, 0.3) is 11.2 Å². The topological polar surface area (TPSA) is 139 Å². The van der Waals surface area contributed by atoms with Crippen LogP contribution in [-0.4, -0.2) is 25.8 Å². The number of rotatable bonds is 5. The van der Waals surface area contributed by atoms with Gasteiger partial charge >= 0.3 is 5.97 Å². The van der Waals surface area contributed by atoms with Gasteiger partial charge in [-0.3, -0.25) is 14.9 Å². The monoisotopic (exact) mass is 402 g/mol. The standard InChI is InChI=1S/C21H14N4O5/c1-13-6-2-4-8-17(13)24-20(26)16(12-22)15(19(23-24)21(27)28)11-10-14-7-3-5-9-18(14)25(29)30/h2-11H,1H3,(H,27,28)/b11-10+. The first-order valence-electron chi connectivity index (χ1n) is 8.63. The largest absolute Gasteiger partial charge is 0.476 e. The number of para-hydroxylation sites is 2. The molecular weight excluding hydrogens is 388 g/mol. The molecule has 3 aromatic rings. The van der Waals surface area contributed by atoms with Crippen LogP contribution in [0.15, 0.2) is 53.3 Å². The summed E-state index contributed by atoms with van der Waals surface area (Å²) in [6.07, 6.45) is 2.46. The molecular formula is C21H14N4O5. The summed E-state index contributed by atoms with van der Waals surface area (Å²) >= 11 is 0. The lowest BCUT2D eigenvalue weighted by atomic mass is 10.1. The molecule has 9 heteroatoms. The Labute approximate surface area is 169 Å². The Bertz CT molecular complexity index is 1300. The number of carboxylic acid groups (broad SMARTS) is 1. The molecule has 30 heavy (non-hydrogen) atoms. The van der Waals surface area contributed by atoms with Crippen LogP contribution in [0.1, 0.15) is 32.7 Å². The smallest absolute Gasteiger partial charge is 0.357 e. The summed E-state index contributed by atoms with van der Waals surface area (Å²) in [5.41, 5.74) is -0.982. The molecule has 3 rings (SSSR count). The highest BCUT2D eigenvalue weighted by Crippen LogP contribution is 2.22. The van der Waals surface area contributed by atoms with Crippen LogP contribution in [-0.2, 0) is 0 Å². The number of carbonyl (C=O) groups is 1. The van der Waals surface area contributed by atoms with Crippen molar-refractivity contribution in [3.8, 4) is 11.8 Å².